The highest BCUT2D eigenvalue weighted by Gasteiger charge is 2.44. The third-order valence-corrected chi connectivity index (χ3v) is 3.53. The molecule has 21 heavy (non-hydrogen) atoms. The van der Waals surface area contributed by atoms with Crippen molar-refractivity contribution in [3.63, 3.8) is 0 Å². The Morgan fingerprint density at radius 3 is 2.62 bits per heavy atom. The van der Waals surface area contributed by atoms with Crippen LogP contribution in [0.1, 0.15) is 6.23 Å². The van der Waals surface area contributed by atoms with Gasteiger partial charge in [0.25, 0.3) is 0 Å². The Hall–Kier alpha value is -1.85. The SMILES string of the molecule is Nc1ncnc2c1ncn2[C@@H]1O[C@H](CO)[C@H](O)[C@H](O)[C@@H]1O. The lowest BCUT2D eigenvalue weighted by Crippen LogP contribution is -2.56. The molecule has 10 nitrogen and oxygen atoms in total. The molecule has 2 aromatic heterocycles. The maximum Gasteiger partial charge on any atom is 0.167 e. The number of nitrogens with two attached hydrogens (primary N) is 1. The van der Waals surface area contributed by atoms with Crippen LogP contribution in [0.4, 0.5) is 5.82 Å². The number of imidazole rings is 1. The number of aliphatic hydroxyl groups excluding tert-OH is 4. The van der Waals surface area contributed by atoms with E-state index in [-0.39, 0.29) is 5.82 Å². The van der Waals surface area contributed by atoms with Crippen LogP contribution in [0.2, 0.25) is 0 Å². The van der Waals surface area contributed by atoms with E-state index in [0.29, 0.717) is 11.2 Å². The van der Waals surface area contributed by atoms with E-state index in [4.69, 9.17) is 10.5 Å². The fraction of sp³-hybridized carbons (Fsp3) is 0.545. The number of aliphatic hydroxyl groups is 4. The first-order chi connectivity index (χ1) is 10.0. The number of ether oxygens (including phenoxy) is 1. The van der Waals surface area contributed by atoms with Crippen molar-refractivity contribution in [2.75, 3.05) is 12.3 Å². The van der Waals surface area contributed by atoms with Gasteiger partial charge in [0, 0.05) is 0 Å². The molecule has 0 saturated carbocycles. The molecule has 1 saturated heterocycles. The number of anilines is 1. The zero-order chi connectivity index (χ0) is 15.1. The monoisotopic (exact) mass is 297 g/mol. The molecule has 3 heterocycles. The van der Waals surface area contributed by atoms with Crippen molar-refractivity contribution in [3.8, 4) is 0 Å². The van der Waals surface area contributed by atoms with E-state index in [1.54, 1.807) is 0 Å². The number of rotatable bonds is 2. The van der Waals surface area contributed by atoms with Crippen molar-refractivity contribution in [2.45, 2.75) is 30.6 Å². The van der Waals surface area contributed by atoms with Crippen LogP contribution in [0.15, 0.2) is 12.7 Å². The van der Waals surface area contributed by atoms with Crippen molar-refractivity contribution in [2.24, 2.45) is 0 Å². The van der Waals surface area contributed by atoms with Crippen LogP contribution >= 0.6 is 0 Å². The third-order valence-electron chi connectivity index (χ3n) is 3.53. The Kier molecular flexibility index (Phi) is 3.47. The van der Waals surface area contributed by atoms with Gasteiger partial charge in [-0.05, 0) is 0 Å². The number of fused-ring (bicyclic) bond motifs is 1. The molecule has 0 spiro atoms. The average Bonchev–Trinajstić information content (AvgIpc) is 2.91. The molecule has 114 valence electrons. The maximum absolute atomic E-state index is 10.1. The number of nitrogens with zero attached hydrogens (tertiary/aromatic N) is 4. The molecule has 1 aliphatic heterocycles. The first-order valence-corrected chi connectivity index (χ1v) is 6.28. The summed E-state index contributed by atoms with van der Waals surface area (Å²) in [6.45, 7) is -0.509. The molecule has 5 atom stereocenters. The minimum atomic E-state index is -1.47. The maximum atomic E-state index is 10.1. The van der Waals surface area contributed by atoms with E-state index in [9.17, 15) is 20.4 Å². The lowest BCUT2D eigenvalue weighted by molar-refractivity contribution is -0.250. The van der Waals surface area contributed by atoms with Gasteiger partial charge >= 0.3 is 0 Å². The van der Waals surface area contributed by atoms with Gasteiger partial charge in [-0.1, -0.05) is 0 Å². The molecule has 0 radical (unpaired) electrons. The van der Waals surface area contributed by atoms with Crippen molar-refractivity contribution >= 4 is 17.0 Å². The van der Waals surface area contributed by atoms with E-state index in [2.05, 4.69) is 15.0 Å². The van der Waals surface area contributed by atoms with Gasteiger partial charge in [-0.15, -0.1) is 0 Å². The number of nitrogen functional groups attached to an aromatic ring is 1. The van der Waals surface area contributed by atoms with Gasteiger partial charge in [0.05, 0.1) is 12.9 Å². The summed E-state index contributed by atoms with van der Waals surface area (Å²) < 4.78 is 6.81. The van der Waals surface area contributed by atoms with Crippen LogP contribution in [0.5, 0.6) is 0 Å². The molecule has 0 bridgehead atoms. The zero-order valence-electron chi connectivity index (χ0n) is 10.8. The van der Waals surface area contributed by atoms with Gasteiger partial charge in [0.15, 0.2) is 17.7 Å². The standard InChI is InChI=1S/C11H15N5O5/c12-9-5-10(14-2-13-9)16(3-15-5)11-8(20)7(19)6(18)4(1-17)21-11/h2-4,6-8,11,17-20H,1H2,(H2,12,13,14)/t4-,6+,7+,8+,11-/m1/s1. The van der Waals surface area contributed by atoms with Crippen LogP contribution in [-0.2, 0) is 4.74 Å². The lowest BCUT2D eigenvalue weighted by atomic mass is 9.98. The second-order valence-corrected chi connectivity index (χ2v) is 4.80. The van der Waals surface area contributed by atoms with Crippen LogP contribution in [0.25, 0.3) is 11.2 Å². The topological polar surface area (TPSA) is 160 Å². The van der Waals surface area contributed by atoms with Gasteiger partial charge in [0.1, 0.15) is 36.3 Å². The molecule has 6 N–H and O–H groups in total. The Morgan fingerprint density at radius 2 is 1.90 bits per heavy atom. The number of hydrogen-bond donors (Lipinski definition) is 5. The van der Waals surface area contributed by atoms with Gasteiger partial charge < -0.3 is 30.9 Å². The predicted octanol–water partition coefficient (Wildman–Crippen LogP) is -2.62. The van der Waals surface area contributed by atoms with Gasteiger partial charge in [0.2, 0.25) is 0 Å². The summed E-state index contributed by atoms with van der Waals surface area (Å²) >= 11 is 0. The fourth-order valence-electron chi connectivity index (χ4n) is 2.37. The zero-order valence-corrected chi connectivity index (χ0v) is 10.8. The largest absolute Gasteiger partial charge is 0.394 e. The normalized spacial score (nSPS) is 33.4. The summed E-state index contributed by atoms with van der Waals surface area (Å²) in [5, 5.41) is 38.8. The van der Waals surface area contributed by atoms with Crippen LogP contribution in [0.3, 0.4) is 0 Å². The summed E-state index contributed by atoms with van der Waals surface area (Å²) in [5.74, 6) is 0.170. The summed E-state index contributed by atoms with van der Waals surface area (Å²) in [7, 11) is 0. The smallest absolute Gasteiger partial charge is 0.167 e. The van der Waals surface area contributed by atoms with Crippen molar-refractivity contribution < 1.29 is 25.2 Å². The summed E-state index contributed by atoms with van der Waals surface area (Å²) in [6.07, 6.45) is -3.82. The molecule has 0 amide bonds. The van der Waals surface area contributed by atoms with Crippen LogP contribution < -0.4 is 5.73 Å². The Morgan fingerprint density at radius 1 is 1.14 bits per heavy atom. The van der Waals surface area contributed by atoms with E-state index < -0.39 is 37.3 Å². The van der Waals surface area contributed by atoms with E-state index >= 15 is 0 Å². The molecular formula is C11H15N5O5. The van der Waals surface area contributed by atoms with Crippen LogP contribution in [-0.4, -0.2) is 71.0 Å². The molecule has 0 unspecified atom stereocenters. The molecule has 2 aromatic rings. The highest BCUT2D eigenvalue weighted by Crippen LogP contribution is 2.30. The number of aromatic nitrogens is 4. The summed E-state index contributed by atoms with van der Waals surface area (Å²) in [5.41, 5.74) is 6.32. The molecule has 0 aromatic carbocycles. The fourth-order valence-corrected chi connectivity index (χ4v) is 2.37. The molecular weight excluding hydrogens is 282 g/mol. The average molecular weight is 297 g/mol. The van der Waals surface area contributed by atoms with Gasteiger partial charge in [-0.3, -0.25) is 4.57 Å². The van der Waals surface area contributed by atoms with Crippen molar-refractivity contribution in [1.29, 1.82) is 0 Å². The van der Waals surface area contributed by atoms with Crippen molar-refractivity contribution in [1.82, 2.24) is 19.5 Å². The van der Waals surface area contributed by atoms with E-state index in [0.717, 1.165) is 0 Å². The highest BCUT2D eigenvalue weighted by molar-refractivity contribution is 5.81. The Bertz CT molecular complexity index is 647. The minimum absolute atomic E-state index is 0.170. The Labute approximate surface area is 118 Å². The minimum Gasteiger partial charge on any atom is -0.394 e. The molecule has 3 rings (SSSR count). The van der Waals surface area contributed by atoms with Gasteiger partial charge in [-0.25, -0.2) is 15.0 Å². The predicted molar refractivity (Wildman–Crippen MR) is 68.8 cm³/mol. The third kappa shape index (κ3) is 2.13. The first kappa shape index (κ1) is 14.1. The Balaban J connectivity index is 2.03. The second-order valence-electron chi connectivity index (χ2n) is 4.80. The quantitative estimate of drug-likeness (QED) is 0.400. The highest BCUT2D eigenvalue weighted by atomic mass is 16.6. The van der Waals surface area contributed by atoms with Crippen molar-refractivity contribution in [3.05, 3.63) is 12.7 Å². The van der Waals surface area contributed by atoms with Gasteiger partial charge in [-0.2, -0.15) is 0 Å². The second kappa shape index (κ2) is 5.16. The first-order valence-electron chi connectivity index (χ1n) is 6.28. The number of hydrogen-bond acceptors (Lipinski definition) is 9. The molecule has 1 fully saturated rings. The van der Waals surface area contributed by atoms with Crippen LogP contribution in [0, 0.1) is 0 Å². The molecule has 1 aliphatic rings. The van der Waals surface area contributed by atoms with E-state index in [1.807, 2.05) is 0 Å². The van der Waals surface area contributed by atoms with E-state index in [1.165, 1.54) is 17.2 Å². The summed E-state index contributed by atoms with van der Waals surface area (Å²) in [4.78, 5) is 11.9. The molecule has 0 aliphatic carbocycles. The summed E-state index contributed by atoms with van der Waals surface area (Å²) in [6, 6.07) is 0. The lowest BCUT2D eigenvalue weighted by Gasteiger charge is -2.40. The molecule has 10 heteroatoms.